The molecule has 1 unspecified atom stereocenters. The molecule has 3 heterocycles. The van der Waals surface area contributed by atoms with Crippen LogP contribution in [0.25, 0.3) is 33.3 Å². The first-order valence-electron chi connectivity index (χ1n) is 10.7. The summed E-state index contributed by atoms with van der Waals surface area (Å²) in [6.07, 6.45) is 1.39. The van der Waals surface area contributed by atoms with Crippen molar-refractivity contribution in [1.82, 2.24) is 9.97 Å². The van der Waals surface area contributed by atoms with E-state index in [4.69, 9.17) is 14.0 Å². The Bertz CT molecular complexity index is 1240. The Morgan fingerprint density at radius 1 is 1.13 bits per heavy atom. The molecule has 0 radical (unpaired) electrons. The Morgan fingerprint density at radius 2 is 2.09 bits per heavy atom. The van der Waals surface area contributed by atoms with E-state index in [1.807, 2.05) is 12.1 Å². The number of rotatable bonds is 2. The minimum atomic E-state index is -2.49. The maximum Gasteiger partial charge on any atom is 0.227 e. The molecule has 3 heteroatoms. The van der Waals surface area contributed by atoms with Crippen molar-refractivity contribution in [1.29, 1.82) is 0 Å². The van der Waals surface area contributed by atoms with Gasteiger partial charge in [0.2, 0.25) is 5.71 Å². The van der Waals surface area contributed by atoms with Crippen LogP contribution in [0.15, 0.2) is 53.1 Å². The van der Waals surface area contributed by atoms with E-state index in [0.29, 0.717) is 22.2 Å². The molecule has 0 bridgehead atoms. The largest absolute Gasteiger partial charge is 0.437 e. The van der Waals surface area contributed by atoms with E-state index in [1.54, 1.807) is 24.3 Å². The van der Waals surface area contributed by atoms with Gasteiger partial charge in [0, 0.05) is 37.8 Å². The normalized spacial score (nSPS) is 19.8. The van der Waals surface area contributed by atoms with E-state index in [2.05, 4.69) is 9.97 Å². The number of furan rings is 1. The van der Waals surface area contributed by atoms with Gasteiger partial charge >= 0.3 is 0 Å². The molecule has 3 nitrogen and oxygen atoms in total. The highest BCUT2D eigenvalue weighted by Gasteiger charge is 2.13. The van der Waals surface area contributed by atoms with E-state index in [1.165, 1.54) is 19.2 Å². The van der Waals surface area contributed by atoms with Crippen molar-refractivity contribution in [2.75, 3.05) is 0 Å². The maximum absolute atomic E-state index is 8.19. The zero-order valence-corrected chi connectivity index (χ0v) is 12.4. The summed E-state index contributed by atoms with van der Waals surface area (Å²) >= 11 is 0. The van der Waals surface area contributed by atoms with Crippen LogP contribution in [0.1, 0.15) is 40.5 Å². The molecule has 0 spiro atoms. The van der Waals surface area contributed by atoms with Crippen molar-refractivity contribution >= 4 is 22.1 Å². The first-order chi connectivity index (χ1) is 13.9. The lowest BCUT2D eigenvalue weighted by atomic mass is 10.0. The van der Waals surface area contributed by atoms with Crippen LogP contribution in [-0.2, 0) is 0 Å². The van der Waals surface area contributed by atoms with Gasteiger partial charge in [0.1, 0.15) is 5.58 Å². The van der Waals surface area contributed by atoms with Crippen LogP contribution in [0.4, 0.5) is 0 Å². The number of nitrogens with zero attached hydrogens (tertiary/aromatic N) is 2. The minimum absolute atomic E-state index is 0.0440. The number of pyridine rings is 2. The Labute approximate surface area is 144 Å². The van der Waals surface area contributed by atoms with Gasteiger partial charge in [-0.15, -0.1) is 0 Å². The fourth-order valence-corrected chi connectivity index (χ4v) is 2.66. The van der Waals surface area contributed by atoms with Crippen LogP contribution in [0, 0.1) is 6.85 Å². The van der Waals surface area contributed by atoms with Crippen molar-refractivity contribution in [3.05, 3.63) is 59.9 Å². The summed E-state index contributed by atoms with van der Waals surface area (Å²) in [5.41, 5.74) is 2.18. The van der Waals surface area contributed by atoms with E-state index >= 15 is 0 Å². The average Bonchev–Trinajstić information content (AvgIpc) is 3.04. The number of hydrogen-bond acceptors (Lipinski definition) is 3. The van der Waals surface area contributed by atoms with Crippen LogP contribution in [-0.4, -0.2) is 9.97 Å². The lowest BCUT2D eigenvalue weighted by molar-refractivity contribution is 0.653. The van der Waals surface area contributed by atoms with Crippen molar-refractivity contribution < 1.29 is 14.0 Å². The summed E-state index contributed by atoms with van der Waals surface area (Å²) in [5, 5.41) is 1.46. The monoisotopic (exact) mass is 309 g/mol. The summed E-state index contributed by atoms with van der Waals surface area (Å²) < 4.78 is 59.4. The Balaban J connectivity index is 1.83. The first-order valence-corrected chi connectivity index (χ1v) is 7.19. The van der Waals surface area contributed by atoms with Gasteiger partial charge < -0.3 is 4.42 Å². The SMILES string of the molecule is [2H]C([2H])([2H])c1ccc2c(n1)oc1c(-c3ccc(C([2H])(C)C([2H])([2H])[2H])cn3)cccc12. The molecule has 0 aliphatic rings. The Kier molecular flexibility index (Phi) is 1.86. The van der Waals surface area contributed by atoms with E-state index < -0.39 is 19.6 Å². The first kappa shape index (κ1) is 8.25. The highest BCUT2D eigenvalue weighted by atomic mass is 16.3. The third kappa shape index (κ3) is 2.29. The number of para-hydroxylation sites is 1. The molecule has 4 aromatic rings. The second kappa shape index (κ2) is 5.20. The van der Waals surface area contributed by atoms with E-state index in [9.17, 15) is 0 Å². The van der Waals surface area contributed by atoms with Crippen LogP contribution in [0.2, 0.25) is 0 Å². The highest BCUT2D eigenvalue weighted by Crippen LogP contribution is 2.34. The molecule has 0 fully saturated rings. The third-order valence-corrected chi connectivity index (χ3v) is 3.84. The van der Waals surface area contributed by atoms with Crippen molar-refractivity contribution in [2.45, 2.75) is 26.5 Å². The van der Waals surface area contributed by atoms with Gasteiger partial charge in [-0.05, 0) is 42.6 Å². The second-order valence-corrected chi connectivity index (χ2v) is 5.39. The summed E-state index contributed by atoms with van der Waals surface area (Å²) in [6.45, 7) is -3.48. The predicted octanol–water partition coefficient (Wildman–Crippen LogP) is 5.47. The number of hydrogen-bond donors (Lipinski definition) is 0. The molecule has 0 amide bonds. The number of aromatic nitrogens is 2. The highest BCUT2D eigenvalue weighted by molar-refractivity contribution is 6.08. The number of fused-ring (bicyclic) bond motifs is 3. The van der Waals surface area contributed by atoms with Gasteiger partial charge in [0.15, 0.2) is 0 Å². The maximum atomic E-state index is 8.19. The van der Waals surface area contributed by atoms with Gasteiger partial charge in [-0.2, -0.15) is 0 Å². The molecule has 0 aliphatic carbocycles. The zero-order chi connectivity index (χ0) is 21.9. The molecule has 3 aromatic heterocycles. The molecule has 0 aliphatic heterocycles. The number of benzene rings is 1. The predicted molar refractivity (Wildman–Crippen MR) is 93.6 cm³/mol. The molecule has 1 atom stereocenters. The van der Waals surface area contributed by atoms with Crippen LogP contribution >= 0.6 is 0 Å². The van der Waals surface area contributed by atoms with Gasteiger partial charge in [-0.3, -0.25) is 4.98 Å². The number of aryl methyl sites for hydroxylation is 1. The quantitative estimate of drug-likeness (QED) is 0.492. The zero-order valence-electron chi connectivity index (χ0n) is 19.4. The minimum Gasteiger partial charge on any atom is -0.437 e. The van der Waals surface area contributed by atoms with Crippen molar-refractivity contribution in [3.63, 3.8) is 0 Å². The van der Waals surface area contributed by atoms with Crippen LogP contribution < -0.4 is 0 Å². The van der Waals surface area contributed by atoms with Crippen molar-refractivity contribution in [3.8, 4) is 11.3 Å². The summed E-state index contributed by atoms with van der Waals surface area (Å²) in [6, 6.07) is 11.9. The van der Waals surface area contributed by atoms with E-state index in [-0.39, 0.29) is 17.0 Å². The molecule has 1 aromatic carbocycles. The van der Waals surface area contributed by atoms with E-state index in [0.717, 1.165) is 5.39 Å². The summed E-state index contributed by atoms with van der Waals surface area (Å²) in [7, 11) is 0. The smallest absolute Gasteiger partial charge is 0.227 e. The lowest BCUT2D eigenvalue weighted by Gasteiger charge is -2.06. The summed E-state index contributed by atoms with van der Waals surface area (Å²) in [5.74, 6) is -1.78. The molecular weight excluding hydrogens is 284 g/mol. The fraction of sp³-hybridized carbons (Fsp3) is 0.200. The molecule has 114 valence electrons. The molecular formula is C20H18N2O. The molecule has 0 saturated heterocycles. The summed E-state index contributed by atoms with van der Waals surface area (Å²) in [4.78, 5) is 8.52. The second-order valence-electron chi connectivity index (χ2n) is 5.39. The van der Waals surface area contributed by atoms with Crippen LogP contribution in [0.5, 0.6) is 0 Å². The lowest BCUT2D eigenvalue weighted by Crippen LogP contribution is -1.90. The van der Waals surface area contributed by atoms with Gasteiger partial charge in [-0.1, -0.05) is 32.0 Å². The van der Waals surface area contributed by atoms with Gasteiger partial charge in [0.05, 0.1) is 5.69 Å². The van der Waals surface area contributed by atoms with Gasteiger partial charge in [0.25, 0.3) is 0 Å². The molecule has 23 heavy (non-hydrogen) atoms. The fourth-order valence-electron chi connectivity index (χ4n) is 2.66. The average molecular weight is 309 g/mol. The topological polar surface area (TPSA) is 38.9 Å². The Morgan fingerprint density at radius 3 is 2.87 bits per heavy atom. The van der Waals surface area contributed by atoms with Gasteiger partial charge in [-0.25, -0.2) is 4.98 Å². The Hall–Kier alpha value is -2.68. The standard InChI is InChI=1S/C20H18N2O/c1-12(2)14-8-10-18(21-11-14)17-6-4-5-15-16-9-7-13(3)22-20(16)23-19(15)17/h4-12H,1-3H3/i1D3,3D3,12D. The molecule has 0 N–H and O–H groups in total. The third-order valence-electron chi connectivity index (χ3n) is 3.84. The van der Waals surface area contributed by atoms with Crippen LogP contribution in [0.3, 0.4) is 0 Å². The molecule has 0 saturated carbocycles. The molecule has 4 rings (SSSR count). The van der Waals surface area contributed by atoms with Crippen molar-refractivity contribution in [2.24, 2.45) is 0 Å².